The summed E-state index contributed by atoms with van der Waals surface area (Å²) in [4.78, 5) is 24.8. The molecule has 9 nitrogen and oxygen atoms in total. The second-order valence-electron chi connectivity index (χ2n) is 5.18. The van der Waals surface area contributed by atoms with Crippen molar-refractivity contribution in [3.8, 4) is 0 Å². The highest BCUT2D eigenvalue weighted by Gasteiger charge is 2.24. The van der Waals surface area contributed by atoms with Gasteiger partial charge < -0.3 is 0 Å². The molecular formula is C15H9Cl2N5O4. The highest BCUT2D eigenvalue weighted by molar-refractivity contribution is 6.65. The van der Waals surface area contributed by atoms with Crippen LogP contribution >= 0.6 is 23.2 Å². The van der Waals surface area contributed by atoms with Crippen molar-refractivity contribution < 1.29 is 9.85 Å². The molecule has 1 aromatic carbocycles. The Morgan fingerprint density at radius 3 is 2.62 bits per heavy atom. The molecule has 0 fully saturated rings. The Bertz CT molecular complexity index is 978. The summed E-state index contributed by atoms with van der Waals surface area (Å²) in [6.45, 7) is 0.273. The van der Waals surface area contributed by atoms with Crippen LogP contribution < -0.4 is 5.43 Å². The molecule has 0 radical (unpaired) electrons. The van der Waals surface area contributed by atoms with Gasteiger partial charge in [-0.15, -0.1) is 0 Å². The first-order valence-electron chi connectivity index (χ1n) is 7.12. The Labute approximate surface area is 156 Å². The zero-order valence-electron chi connectivity index (χ0n) is 12.8. The molecule has 26 heavy (non-hydrogen) atoms. The van der Waals surface area contributed by atoms with Crippen molar-refractivity contribution in [1.82, 2.24) is 0 Å². The lowest BCUT2D eigenvalue weighted by molar-refractivity contribution is -0.393. The number of hydrogen-bond acceptors (Lipinski definition) is 7. The number of fused-ring (bicyclic) bond motifs is 1. The maximum absolute atomic E-state index is 11.2. The van der Waals surface area contributed by atoms with Gasteiger partial charge in [-0.3, -0.25) is 30.6 Å². The molecule has 0 saturated carbocycles. The molecule has 0 saturated heterocycles. The van der Waals surface area contributed by atoms with E-state index in [0.717, 1.165) is 12.1 Å². The number of halogens is 2. The molecule has 2 aliphatic rings. The number of nitrogens with zero attached hydrogens (tertiary/aromatic N) is 4. The van der Waals surface area contributed by atoms with Crippen molar-refractivity contribution >= 4 is 51.7 Å². The Hall–Kier alpha value is -3.04. The third-order valence-corrected chi connectivity index (χ3v) is 4.04. The van der Waals surface area contributed by atoms with Gasteiger partial charge in [-0.25, -0.2) is 0 Å². The molecule has 0 aromatic heterocycles. The Kier molecular flexibility index (Phi) is 4.83. The summed E-state index contributed by atoms with van der Waals surface area (Å²) >= 11 is 12.1. The zero-order chi connectivity index (χ0) is 18.8. The van der Waals surface area contributed by atoms with Gasteiger partial charge in [0.2, 0.25) is 0 Å². The van der Waals surface area contributed by atoms with Gasteiger partial charge in [-0.05, 0) is 18.2 Å². The number of hydrazone groups is 1. The van der Waals surface area contributed by atoms with E-state index in [1.807, 2.05) is 0 Å². The molecule has 1 heterocycles. The van der Waals surface area contributed by atoms with Gasteiger partial charge in [-0.1, -0.05) is 29.3 Å². The highest BCUT2D eigenvalue weighted by atomic mass is 35.5. The molecule has 1 aromatic rings. The highest BCUT2D eigenvalue weighted by Crippen LogP contribution is 2.30. The fourth-order valence-electron chi connectivity index (χ4n) is 2.32. The normalized spacial score (nSPS) is 17.5. The summed E-state index contributed by atoms with van der Waals surface area (Å²) in [6, 6.07) is 3.20. The Balaban J connectivity index is 1.95. The van der Waals surface area contributed by atoms with Crippen LogP contribution in [0.25, 0.3) is 0 Å². The lowest BCUT2D eigenvalue weighted by atomic mass is 9.98. The number of benzene rings is 1. The largest absolute Gasteiger partial charge is 0.301 e. The fraction of sp³-hybridized carbons (Fsp3) is 0.0667. The lowest BCUT2D eigenvalue weighted by Gasteiger charge is -2.18. The second kappa shape index (κ2) is 7.06. The molecule has 1 aliphatic heterocycles. The number of rotatable bonds is 4. The predicted molar refractivity (Wildman–Crippen MR) is 99.1 cm³/mol. The van der Waals surface area contributed by atoms with Gasteiger partial charge in [0, 0.05) is 16.7 Å². The standard InChI is InChI=1S/C15H9Cl2N5O4/c16-9-5-8-1-3-11(17)15(14(8)18-7-9)20-19-12-4-2-10(21(23)24)6-13(12)22(25)26/h1-6,19H,7H2/b20-15-. The van der Waals surface area contributed by atoms with E-state index in [-0.39, 0.29) is 23.0 Å². The smallest absolute Gasteiger partial charge is 0.277 e. The third kappa shape index (κ3) is 3.48. The fourth-order valence-corrected chi connectivity index (χ4v) is 2.70. The Morgan fingerprint density at radius 2 is 1.92 bits per heavy atom. The number of hydrogen-bond donors (Lipinski definition) is 1. The van der Waals surface area contributed by atoms with Crippen LogP contribution in [0.5, 0.6) is 0 Å². The lowest BCUT2D eigenvalue weighted by Crippen LogP contribution is -2.23. The van der Waals surface area contributed by atoms with Gasteiger partial charge in [-0.2, -0.15) is 5.10 Å². The first-order chi connectivity index (χ1) is 12.4. The van der Waals surface area contributed by atoms with Gasteiger partial charge in [0.15, 0.2) is 0 Å². The summed E-state index contributed by atoms with van der Waals surface area (Å²) in [5.74, 6) is 0. The van der Waals surface area contributed by atoms with Gasteiger partial charge in [0.25, 0.3) is 5.69 Å². The summed E-state index contributed by atoms with van der Waals surface area (Å²) < 4.78 is 0. The molecule has 0 unspecified atom stereocenters. The molecule has 3 rings (SSSR count). The number of aliphatic imine (C=N–C) groups is 1. The van der Waals surface area contributed by atoms with E-state index in [1.54, 1.807) is 18.2 Å². The first-order valence-corrected chi connectivity index (χ1v) is 7.88. The number of dihydropyridines is 1. The van der Waals surface area contributed by atoms with Gasteiger partial charge >= 0.3 is 5.69 Å². The number of non-ortho nitro benzene ring substituents is 1. The molecular weight excluding hydrogens is 385 g/mol. The van der Waals surface area contributed by atoms with Crippen LogP contribution in [0.1, 0.15) is 0 Å². The van der Waals surface area contributed by atoms with Gasteiger partial charge in [0.05, 0.1) is 33.2 Å². The van der Waals surface area contributed by atoms with Crippen LogP contribution in [0.3, 0.4) is 0 Å². The summed E-state index contributed by atoms with van der Waals surface area (Å²) in [6.07, 6.45) is 5.07. The van der Waals surface area contributed by atoms with Crippen molar-refractivity contribution in [2.75, 3.05) is 12.0 Å². The van der Waals surface area contributed by atoms with Crippen molar-refractivity contribution in [2.24, 2.45) is 10.1 Å². The molecule has 132 valence electrons. The molecule has 0 spiro atoms. The van der Waals surface area contributed by atoms with Crippen molar-refractivity contribution in [3.05, 3.63) is 72.3 Å². The number of allylic oxidation sites excluding steroid dienone is 5. The van der Waals surface area contributed by atoms with E-state index in [0.29, 0.717) is 16.3 Å². The second-order valence-corrected chi connectivity index (χ2v) is 6.07. The van der Waals surface area contributed by atoms with Crippen LogP contribution in [0, 0.1) is 20.2 Å². The van der Waals surface area contributed by atoms with Crippen molar-refractivity contribution in [2.45, 2.75) is 0 Å². The number of anilines is 1. The van der Waals surface area contributed by atoms with E-state index >= 15 is 0 Å². The van der Waals surface area contributed by atoms with Crippen LogP contribution in [0.4, 0.5) is 17.1 Å². The number of nitrogens with one attached hydrogen (secondary N) is 1. The van der Waals surface area contributed by atoms with Crippen LogP contribution in [-0.4, -0.2) is 27.8 Å². The van der Waals surface area contributed by atoms with E-state index in [9.17, 15) is 20.2 Å². The van der Waals surface area contributed by atoms with Crippen LogP contribution in [-0.2, 0) is 0 Å². The van der Waals surface area contributed by atoms with E-state index < -0.39 is 21.2 Å². The minimum absolute atomic E-state index is 0.0151. The maximum Gasteiger partial charge on any atom is 0.301 e. The minimum atomic E-state index is -0.736. The molecule has 0 atom stereocenters. The predicted octanol–water partition coefficient (Wildman–Crippen LogP) is 3.91. The van der Waals surface area contributed by atoms with E-state index in [1.165, 1.54) is 6.07 Å². The maximum atomic E-state index is 11.2. The Morgan fingerprint density at radius 1 is 1.15 bits per heavy atom. The third-order valence-electron chi connectivity index (χ3n) is 3.51. The molecule has 0 bridgehead atoms. The summed E-state index contributed by atoms with van der Waals surface area (Å²) in [5.41, 5.74) is 3.15. The van der Waals surface area contributed by atoms with Crippen LogP contribution in [0.2, 0.25) is 0 Å². The molecule has 11 heteroatoms. The number of nitro benzene ring substituents is 2. The first kappa shape index (κ1) is 17.8. The molecule has 1 N–H and O–H groups in total. The van der Waals surface area contributed by atoms with Crippen molar-refractivity contribution in [3.63, 3.8) is 0 Å². The molecule has 1 aliphatic carbocycles. The average Bonchev–Trinajstić information content (AvgIpc) is 2.60. The quantitative estimate of drug-likeness (QED) is 0.471. The van der Waals surface area contributed by atoms with Gasteiger partial charge in [0.1, 0.15) is 11.4 Å². The topological polar surface area (TPSA) is 123 Å². The average molecular weight is 394 g/mol. The minimum Gasteiger partial charge on any atom is -0.277 e. The summed E-state index contributed by atoms with van der Waals surface area (Å²) in [7, 11) is 0. The van der Waals surface area contributed by atoms with E-state index in [4.69, 9.17) is 23.2 Å². The zero-order valence-corrected chi connectivity index (χ0v) is 14.4. The monoisotopic (exact) mass is 393 g/mol. The van der Waals surface area contributed by atoms with E-state index in [2.05, 4.69) is 15.5 Å². The number of nitro groups is 2. The SMILES string of the molecule is O=[N+]([O-])c1ccc(N/N=C2/C(Cl)=CC=C3C=C(Cl)CN=C32)c([N+](=O)[O-])c1. The van der Waals surface area contributed by atoms with Crippen LogP contribution in [0.15, 0.2) is 62.2 Å². The summed E-state index contributed by atoms with van der Waals surface area (Å²) in [5, 5.41) is 26.9. The molecule has 0 amide bonds. The van der Waals surface area contributed by atoms with Crippen molar-refractivity contribution in [1.29, 1.82) is 0 Å².